The summed E-state index contributed by atoms with van der Waals surface area (Å²) in [6.45, 7) is 7.84. The highest BCUT2D eigenvalue weighted by atomic mass is 16.6. The molecule has 1 unspecified atom stereocenters. The molecule has 1 amide bonds. The Morgan fingerprint density at radius 3 is 2.81 bits per heavy atom. The lowest BCUT2D eigenvalue weighted by Crippen LogP contribution is -2.52. The molecule has 27 heavy (non-hydrogen) atoms. The third-order valence-corrected chi connectivity index (χ3v) is 4.38. The van der Waals surface area contributed by atoms with Gasteiger partial charge in [-0.1, -0.05) is 6.07 Å². The van der Waals surface area contributed by atoms with Gasteiger partial charge in [0.25, 0.3) is 0 Å². The first-order chi connectivity index (χ1) is 12.9. The van der Waals surface area contributed by atoms with Crippen LogP contribution < -0.4 is 10.6 Å². The van der Waals surface area contributed by atoms with Crippen LogP contribution in [0.15, 0.2) is 29.4 Å². The molecule has 7 heteroatoms. The summed E-state index contributed by atoms with van der Waals surface area (Å²) >= 11 is 0. The van der Waals surface area contributed by atoms with Gasteiger partial charge in [0, 0.05) is 45.0 Å². The largest absolute Gasteiger partial charge is 0.444 e. The lowest BCUT2D eigenvalue weighted by atomic mass is 10.0. The van der Waals surface area contributed by atoms with E-state index in [0.29, 0.717) is 6.54 Å². The average Bonchev–Trinajstić information content (AvgIpc) is 2.64. The minimum Gasteiger partial charge on any atom is -0.444 e. The monoisotopic (exact) mass is 375 g/mol. The number of hydrogen-bond acceptors (Lipinski definition) is 4. The molecule has 0 aliphatic carbocycles. The fourth-order valence-electron chi connectivity index (χ4n) is 3.06. The molecule has 0 spiro atoms. The van der Waals surface area contributed by atoms with Gasteiger partial charge in [0.15, 0.2) is 5.96 Å². The van der Waals surface area contributed by atoms with Gasteiger partial charge in [-0.3, -0.25) is 9.98 Å². The molecule has 0 bridgehead atoms. The van der Waals surface area contributed by atoms with Gasteiger partial charge in [0.05, 0.1) is 6.04 Å². The fraction of sp³-hybridized carbons (Fsp3) is 0.650. The summed E-state index contributed by atoms with van der Waals surface area (Å²) in [5.41, 5.74) is 0.569. The molecule has 1 aliphatic heterocycles. The van der Waals surface area contributed by atoms with E-state index in [4.69, 9.17) is 4.74 Å². The van der Waals surface area contributed by atoms with E-state index in [1.165, 1.54) is 0 Å². The number of guanidine groups is 1. The topological polar surface area (TPSA) is 78.9 Å². The SMILES string of the molecule is CN=C(NCCc1ccccn1)NCC1CCCCN1C(=O)OC(C)(C)C. The molecule has 0 radical (unpaired) electrons. The maximum absolute atomic E-state index is 12.5. The smallest absolute Gasteiger partial charge is 0.410 e. The van der Waals surface area contributed by atoms with Crippen LogP contribution in [0.4, 0.5) is 4.79 Å². The van der Waals surface area contributed by atoms with Crippen LogP contribution in [-0.2, 0) is 11.2 Å². The van der Waals surface area contributed by atoms with E-state index in [9.17, 15) is 4.79 Å². The second-order valence-electron chi connectivity index (χ2n) is 7.77. The van der Waals surface area contributed by atoms with Crippen LogP contribution in [0.1, 0.15) is 45.7 Å². The highest BCUT2D eigenvalue weighted by molar-refractivity contribution is 5.79. The van der Waals surface area contributed by atoms with Gasteiger partial charge in [-0.15, -0.1) is 0 Å². The summed E-state index contributed by atoms with van der Waals surface area (Å²) in [4.78, 5) is 22.9. The first-order valence-corrected chi connectivity index (χ1v) is 9.73. The number of nitrogens with zero attached hydrogens (tertiary/aromatic N) is 3. The van der Waals surface area contributed by atoms with Crippen molar-refractivity contribution >= 4 is 12.1 Å². The maximum atomic E-state index is 12.5. The lowest BCUT2D eigenvalue weighted by Gasteiger charge is -2.37. The first-order valence-electron chi connectivity index (χ1n) is 9.73. The second-order valence-corrected chi connectivity index (χ2v) is 7.77. The van der Waals surface area contributed by atoms with Crippen molar-refractivity contribution in [1.29, 1.82) is 0 Å². The molecule has 1 atom stereocenters. The van der Waals surface area contributed by atoms with Gasteiger partial charge >= 0.3 is 6.09 Å². The molecular weight excluding hydrogens is 342 g/mol. The Morgan fingerprint density at radius 1 is 1.33 bits per heavy atom. The number of hydrogen-bond donors (Lipinski definition) is 2. The Morgan fingerprint density at radius 2 is 2.15 bits per heavy atom. The lowest BCUT2D eigenvalue weighted by molar-refractivity contribution is 0.0104. The van der Waals surface area contributed by atoms with Crippen molar-refractivity contribution in [3.63, 3.8) is 0 Å². The Bertz CT molecular complexity index is 613. The third-order valence-electron chi connectivity index (χ3n) is 4.38. The number of likely N-dealkylation sites (tertiary alicyclic amines) is 1. The Kier molecular flexibility index (Phi) is 7.88. The Labute approximate surface area is 162 Å². The summed E-state index contributed by atoms with van der Waals surface area (Å²) in [6, 6.07) is 6.03. The summed E-state index contributed by atoms with van der Waals surface area (Å²) in [5, 5.41) is 6.65. The van der Waals surface area contributed by atoms with Crippen LogP contribution >= 0.6 is 0 Å². The molecule has 1 aliphatic rings. The molecular formula is C20H33N5O2. The average molecular weight is 376 g/mol. The number of nitrogens with one attached hydrogen (secondary N) is 2. The van der Waals surface area contributed by atoms with Crippen molar-refractivity contribution in [2.24, 2.45) is 4.99 Å². The van der Waals surface area contributed by atoms with Crippen molar-refractivity contribution in [3.8, 4) is 0 Å². The molecule has 1 fully saturated rings. The number of pyridine rings is 1. The van der Waals surface area contributed by atoms with E-state index in [-0.39, 0.29) is 12.1 Å². The Hall–Kier alpha value is -2.31. The molecule has 150 valence electrons. The minimum absolute atomic E-state index is 0.114. The molecule has 1 aromatic rings. The number of aromatic nitrogens is 1. The van der Waals surface area contributed by atoms with E-state index in [0.717, 1.165) is 50.4 Å². The number of ether oxygens (including phenoxy) is 1. The summed E-state index contributed by atoms with van der Waals surface area (Å²) < 4.78 is 5.56. The van der Waals surface area contributed by atoms with Gasteiger partial charge < -0.3 is 20.3 Å². The highest BCUT2D eigenvalue weighted by Crippen LogP contribution is 2.20. The van der Waals surface area contributed by atoms with Crippen molar-refractivity contribution < 1.29 is 9.53 Å². The van der Waals surface area contributed by atoms with Crippen LogP contribution in [0.5, 0.6) is 0 Å². The third kappa shape index (κ3) is 7.45. The summed E-state index contributed by atoms with van der Waals surface area (Å²) in [5.74, 6) is 0.737. The predicted molar refractivity (Wildman–Crippen MR) is 108 cm³/mol. The number of aliphatic imine (C=N–C) groups is 1. The standard InChI is InChI=1S/C20H33N5O2/c1-20(2,3)27-19(26)25-14-8-6-10-17(25)15-24-18(21-4)23-13-11-16-9-5-7-12-22-16/h5,7,9,12,17H,6,8,10-11,13-15H2,1-4H3,(H2,21,23,24). The normalized spacial score (nSPS) is 18.1. The van der Waals surface area contributed by atoms with Gasteiger partial charge in [0.2, 0.25) is 0 Å². The number of piperidine rings is 1. The van der Waals surface area contributed by atoms with E-state index in [2.05, 4.69) is 20.6 Å². The number of amides is 1. The summed E-state index contributed by atoms with van der Waals surface area (Å²) in [7, 11) is 1.75. The van der Waals surface area contributed by atoms with Crippen LogP contribution in [0.3, 0.4) is 0 Å². The summed E-state index contributed by atoms with van der Waals surface area (Å²) in [6.07, 6.45) is 5.51. The van der Waals surface area contributed by atoms with Crippen LogP contribution in [0, 0.1) is 0 Å². The van der Waals surface area contributed by atoms with E-state index < -0.39 is 5.60 Å². The van der Waals surface area contributed by atoms with E-state index >= 15 is 0 Å². The zero-order valence-electron chi connectivity index (χ0n) is 17.0. The quantitative estimate of drug-likeness (QED) is 0.611. The van der Waals surface area contributed by atoms with Crippen LogP contribution in [-0.4, -0.2) is 60.3 Å². The first kappa shape index (κ1) is 21.0. The predicted octanol–water partition coefficient (Wildman–Crippen LogP) is 2.58. The fourth-order valence-corrected chi connectivity index (χ4v) is 3.06. The van der Waals surface area contributed by atoms with Gasteiger partial charge in [-0.25, -0.2) is 4.79 Å². The molecule has 2 heterocycles. The van der Waals surface area contributed by atoms with Crippen molar-refractivity contribution in [1.82, 2.24) is 20.5 Å². The molecule has 1 aromatic heterocycles. The Balaban J connectivity index is 1.81. The number of rotatable bonds is 5. The van der Waals surface area contributed by atoms with Crippen molar-refractivity contribution in [3.05, 3.63) is 30.1 Å². The molecule has 0 aromatic carbocycles. The van der Waals surface area contributed by atoms with E-state index in [1.54, 1.807) is 13.2 Å². The highest BCUT2D eigenvalue weighted by Gasteiger charge is 2.30. The molecule has 7 nitrogen and oxygen atoms in total. The van der Waals surface area contributed by atoms with Crippen LogP contribution in [0.2, 0.25) is 0 Å². The van der Waals surface area contributed by atoms with Crippen molar-refractivity contribution in [2.45, 2.75) is 58.1 Å². The number of carbonyl (C=O) groups is 1. The zero-order chi connectivity index (χ0) is 19.7. The van der Waals surface area contributed by atoms with Crippen molar-refractivity contribution in [2.75, 3.05) is 26.7 Å². The molecule has 0 saturated carbocycles. The maximum Gasteiger partial charge on any atom is 0.410 e. The number of carbonyl (C=O) groups excluding carboxylic acids is 1. The molecule has 1 saturated heterocycles. The van der Waals surface area contributed by atoms with Gasteiger partial charge in [-0.2, -0.15) is 0 Å². The molecule has 2 rings (SSSR count). The zero-order valence-corrected chi connectivity index (χ0v) is 17.0. The molecule has 2 N–H and O–H groups in total. The van der Waals surface area contributed by atoms with Gasteiger partial charge in [0.1, 0.15) is 5.60 Å². The van der Waals surface area contributed by atoms with Gasteiger partial charge in [-0.05, 0) is 52.2 Å². The second kappa shape index (κ2) is 10.1. The van der Waals surface area contributed by atoms with E-state index in [1.807, 2.05) is 43.9 Å². The van der Waals surface area contributed by atoms with Crippen LogP contribution in [0.25, 0.3) is 0 Å². The minimum atomic E-state index is -0.477.